The minimum atomic E-state index is -1.04. The second kappa shape index (κ2) is 9.52. The second-order valence-electron chi connectivity index (χ2n) is 7.01. The number of benzene rings is 3. The highest BCUT2D eigenvalue weighted by molar-refractivity contribution is 6.03. The lowest BCUT2D eigenvalue weighted by atomic mass is 9.95. The van der Waals surface area contributed by atoms with Gasteiger partial charge in [-0.25, -0.2) is 15.3 Å². The lowest BCUT2D eigenvalue weighted by molar-refractivity contribution is 0.0696. The summed E-state index contributed by atoms with van der Waals surface area (Å²) in [4.78, 5) is 36.7. The zero-order valence-corrected chi connectivity index (χ0v) is 17.2. The number of hydrazone groups is 1. The number of hydrogen-bond donors (Lipinski definition) is 3. The van der Waals surface area contributed by atoms with Crippen molar-refractivity contribution in [1.82, 2.24) is 15.6 Å². The van der Waals surface area contributed by atoms with E-state index < -0.39 is 17.4 Å². The third-order valence-corrected chi connectivity index (χ3v) is 4.86. The molecule has 0 aliphatic rings. The lowest BCUT2D eigenvalue weighted by Gasteiger charge is -2.12. The van der Waals surface area contributed by atoms with Crippen LogP contribution in [0.3, 0.4) is 0 Å². The molecule has 0 radical (unpaired) electrons. The third-order valence-electron chi connectivity index (χ3n) is 4.86. The van der Waals surface area contributed by atoms with Crippen molar-refractivity contribution in [2.45, 2.75) is 0 Å². The second-order valence-corrected chi connectivity index (χ2v) is 7.01. The van der Waals surface area contributed by atoms with Crippen LogP contribution < -0.4 is 11.0 Å². The van der Waals surface area contributed by atoms with Crippen LogP contribution in [0.15, 0.2) is 94.8 Å². The van der Waals surface area contributed by atoms with Gasteiger partial charge in [-0.1, -0.05) is 72.8 Å². The molecule has 8 heteroatoms. The van der Waals surface area contributed by atoms with Gasteiger partial charge in [0.25, 0.3) is 11.5 Å². The Morgan fingerprint density at radius 1 is 0.879 bits per heavy atom. The molecule has 162 valence electrons. The largest absolute Gasteiger partial charge is 0.478 e. The van der Waals surface area contributed by atoms with Gasteiger partial charge < -0.3 is 5.11 Å². The van der Waals surface area contributed by atoms with E-state index >= 15 is 0 Å². The van der Waals surface area contributed by atoms with Crippen LogP contribution >= 0.6 is 0 Å². The Bertz CT molecular complexity index is 1380. The maximum atomic E-state index is 13.0. The normalized spacial score (nSPS) is 10.8. The number of amides is 1. The number of aromatic carboxylic acids is 1. The summed E-state index contributed by atoms with van der Waals surface area (Å²) in [6, 6.07) is 24.3. The van der Waals surface area contributed by atoms with E-state index in [-0.39, 0.29) is 11.1 Å². The van der Waals surface area contributed by atoms with Crippen molar-refractivity contribution in [1.29, 1.82) is 0 Å². The van der Waals surface area contributed by atoms with Gasteiger partial charge in [0.05, 0.1) is 17.5 Å². The first kappa shape index (κ1) is 21.4. The van der Waals surface area contributed by atoms with Crippen molar-refractivity contribution in [3.8, 4) is 22.4 Å². The van der Waals surface area contributed by atoms with Crippen molar-refractivity contribution >= 4 is 18.1 Å². The molecular formula is C25H18N4O4. The molecule has 4 rings (SSSR count). The average molecular weight is 438 g/mol. The predicted octanol–water partition coefficient (Wildman–Crippen LogP) is 3.57. The molecule has 0 saturated carbocycles. The molecular weight excluding hydrogens is 420 g/mol. The van der Waals surface area contributed by atoms with E-state index in [2.05, 4.69) is 20.7 Å². The van der Waals surface area contributed by atoms with Gasteiger partial charge in [0.2, 0.25) is 0 Å². The van der Waals surface area contributed by atoms with E-state index in [0.717, 1.165) is 5.56 Å². The summed E-state index contributed by atoms with van der Waals surface area (Å²) >= 11 is 0. The van der Waals surface area contributed by atoms with E-state index in [0.29, 0.717) is 22.4 Å². The van der Waals surface area contributed by atoms with Crippen molar-refractivity contribution in [3.63, 3.8) is 0 Å². The summed E-state index contributed by atoms with van der Waals surface area (Å²) in [7, 11) is 0. The molecule has 3 aromatic carbocycles. The minimum absolute atomic E-state index is 0.117. The van der Waals surface area contributed by atoms with Crippen LogP contribution in [0.5, 0.6) is 0 Å². The molecule has 0 fully saturated rings. The monoisotopic (exact) mass is 438 g/mol. The predicted molar refractivity (Wildman–Crippen MR) is 124 cm³/mol. The Hall–Kier alpha value is -4.85. The molecule has 4 aromatic rings. The molecule has 0 unspecified atom stereocenters. The van der Waals surface area contributed by atoms with Gasteiger partial charge in [-0.3, -0.25) is 9.59 Å². The quantitative estimate of drug-likeness (QED) is 0.314. The van der Waals surface area contributed by atoms with Crippen molar-refractivity contribution in [3.05, 3.63) is 112 Å². The van der Waals surface area contributed by atoms with Gasteiger partial charge in [0.1, 0.15) is 5.56 Å². The summed E-state index contributed by atoms with van der Waals surface area (Å²) in [5.74, 6) is -1.74. The molecule has 0 saturated heterocycles. The zero-order chi connectivity index (χ0) is 23.2. The van der Waals surface area contributed by atoms with E-state index in [4.69, 9.17) is 5.11 Å². The van der Waals surface area contributed by atoms with Crippen LogP contribution in [0.4, 0.5) is 0 Å². The van der Waals surface area contributed by atoms with Crippen molar-refractivity contribution < 1.29 is 14.7 Å². The fourth-order valence-corrected chi connectivity index (χ4v) is 3.29. The Balaban J connectivity index is 1.71. The SMILES string of the molecule is O=C(O)c1ccc(/C=N/NC(=O)c2c(-c3ccccc3)c(-c3ccccc3)n[nH]c2=O)cc1. The number of aromatic nitrogens is 2. The number of hydrogen-bond acceptors (Lipinski definition) is 5. The first-order chi connectivity index (χ1) is 16.0. The molecule has 8 nitrogen and oxygen atoms in total. The maximum absolute atomic E-state index is 13.0. The number of carbonyl (C=O) groups excluding carboxylic acids is 1. The first-order valence-corrected chi connectivity index (χ1v) is 9.95. The molecule has 1 amide bonds. The molecule has 1 aromatic heterocycles. The summed E-state index contributed by atoms with van der Waals surface area (Å²) in [5.41, 5.74) is 4.59. The van der Waals surface area contributed by atoms with Crippen LogP contribution in [0.25, 0.3) is 22.4 Å². The maximum Gasteiger partial charge on any atom is 0.335 e. The van der Waals surface area contributed by atoms with Gasteiger partial charge in [0, 0.05) is 11.1 Å². The molecule has 0 aliphatic carbocycles. The Morgan fingerprint density at radius 2 is 1.48 bits per heavy atom. The summed E-state index contributed by atoms with van der Waals surface area (Å²) in [5, 5.41) is 19.5. The number of nitrogens with zero attached hydrogens (tertiary/aromatic N) is 2. The highest BCUT2D eigenvalue weighted by Gasteiger charge is 2.22. The Kier molecular flexibility index (Phi) is 6.17. The average Bonchev–Trinajstić information content (AvgIpc) is 2.85. The lowest BCUT2D eigenvalue weighted by Crippen LogP contribution is -2.28. The minimum Gasteiger partial charge on any atom is -0.478 e. The summed E-state index contributed by atoms with van der Waals surface area (Å²) < 4.78 is 0. The van der Waals surface area contributed by atoms with Gasteiger partial charge >= 0.3 is 5.97 Å². The van der Waals surface area contributed by atoms with Crippen LogP contribution in [0.2, 0.25) is 0 Å². The van der Waals surface area contributed by atoms with Crippen LogP contribution in [-0.4, -0.2) is 33.4 Å². The fourth-order valence-electron chi connectivity index (χ4n) is 3.29. The molecule has 0 atom stereocenters. The van der Waals surface area contributed by atoms with E-state index in [9.17, 15) is 14.4 Å². The number of carboxylic acids is 1. The molecule has 1 heterocycles. The zero-order valence-electron chi connectivity index (χ0n) is 17.2. The number of nitrogens with one attached hydrogen (secondary N) is 2. The molecule has 3 N–H and O–H groups in total. The fraction of sp³-hybridized carbons (Fsp3) is 0. The molecule has 0 bridgehead atoms. The molecule has 0 spiro atoms. The van der Waals surface area contributed by atoms with Gasteiger partial charge in [0.15, 0.2) is 0 Å². The standard InChI is InChI=1S/C25H18N4O4/c30-23(28-26-15-16-11-13-19(14-12-16)25(32)33)21-20(17-7-3-1-4-8-17)22(27-29-24(21)31)18-9-5-2-6-10-18/h1-15H,(H,28,30)(H,29,31)(H,32,33)/b26-15+. The van der Waals surface area contributed by atoms with E-state index in [1.54, 1.807) is 24.3 Å². The van der Waals surface area contributed by atoms with Crippen LogP contribution in [0.1, 0.15) is 26.3 Å². The number of carbonyl (C=O) groups is 2. The molecule has 33 heavy (non-hydrogen) atoms. The van der Waals surface area contributed by atoms with Crippen molar-refractivity contribution in [2.24, 2.45) is 5.10 Å². The summed E-state index contributed by atoms with van der Waals surface area (Å²) in [6.07, 6.45) is 1.36. The van der Waals surface area contributed by atoms with Gasteiger partial charge in [-0.15, -0.1) is 0 Å². The number of H-pyrrole nitrogens is 1. The summed E-state index contributed by atoms with van der Waals surface area (Å²) in [6.45, 7) is 0. The Labute approximate surface area is 188 Å². The highest BCUT2D eigenvalue weighted by Crippen LogP contribution is 2.31. The third kappa shape index (κ3) is 4.75. The van der Waals surface area contributed by atoms with E-state index in [1.807, 2.05) is 48.5 Å². The Morgan fingerprint density at radius 3 is 2.09 bits per heavy atom. The van der Waals surface area contributed by atoms with Gasteiger partial charge in [-0.05, 0) is 23.3 Å². The number of carboxylic acid groups (broad SMARTS) is 1. The number of rotatable bonds is 6. The molecule has 0 aliphatic heterocycles. The van der Waals surface area contributed by atoms with Crippen LogP contribution in [0, 0.1) is 0 Å². The topological polar surface area (TPSA) is 125 Å². The van der Waals surface area contributed by atoms with Crippen LogP contribution in [-0.2, 0) is 0 Å². The first-order valence-electron chi connectivity index (χ1n) is 9.95. The van der Waals surface area contributed by atoms with E-state index in [1.165, 1.54) is 18.3 Å². The van der Waals surface area contributed by atoms with Gasteiger partial charge in [-0.2, -0.15) is 10.2 Å². The van der Waals surface area contributed by atoms with Crippen molar-refractivity contribution in [2.75, 3.05) is 0 Å². The smallest absolute Gasteiger partial charge is 0.335 e. The number of aromatic amines is 1. The highest BCUT2D eigenvalue weighted by atomic mass is 16.4.